The lowest BCUT2D eigenvalue weighted by molar-refractivity contribution is 0.0809. The molecule has 6 heteroatoms. The smallest absolute Gasteiger partial charge is 0.256 e. The van der Waals surface area contributed by atoms with Gasteiger partial charge in [0.2, 0.25) is 0 Å². The lowest BCUT2D eigenvalue weighted by atomic mass is 9.74. The highest BCUT2D eigenvalue weighted by Gasteiger charge is 2.63. The Morgan fingerprint density at radius 2 is 2.27 bits per heavy atom. The van der Waals surface area contributed by atoms with Crippen LogP contribution in [0.5, 0.6) is 0 Å². The molecule has 1 amide bonds. The number of rotatable bonds is 2. The van der Waals surface area contributed by atoms with E-state index in [0.717, 1.165) is 12.8 Å². The number of carbonyl (C=O) groups is 1. The molecular weight excluding hydrogens is 318 g/mol. The number of aryl methyl sites for hydroxylation is 1. The predicted molar refractivity (Wildman–Crippen MR) is 87.4 cm³/mol. The lowest BCUT2D eigenvalue weighted by Gasteiger charge is -2.39. The second-order valence-electron chi connectivity index (χ2n) is 6.89. The molecule has 2 aromatic rings. The average Bonchev–Trinajstić information content (AvgIpc) is 3.15. The zero-order valence-electron chi connectivity index (χ0n) is 12.8. The Bertz CT molecular complexity index is 778. The second kappa shape index (κ2) is 4.36. The van der Waals surface area contributed by atoms with Gasteiger partial charge in [-0.05, 0) is 46.1 Å². The van der Waals surface area contributed by atoms with Crippen LogP contribution in [-0.4, -0.2) is 15.7 Å². The zero-order chi connectivity index (χ0) is 15.7. The van der Waals surface area contributed by atoms with Crippen LogP contribution in [0, 0.1) is 5.41 Å². The number of hydrogen-bond donors (Lipinski definition) is 1. The van der Waals surface area contributed by atoms with Gasteiger partial charge >= 0.3 is 0 Å². The number of hydrogen-bond acceptors (Lipinski definition) is 3. The summed E-state index contributed by atoms with van der Waals surface area (Å²) in [6.07, 6.45) is 3.65. The number of nitrogens with zero attached hydrogens (tertiary/aromatic N) is 2. The number of fused-ring (bicyclic) bond motifs is 5. The van der Waals surface area contributed by atoms with Crippen LogP contribution in [0.25, 0.3) is 0 Å². The molecule has 4 nitrogen and oxygen atoms in total. The Kier molecular flexibility index (Phi) is 2.83. The van der Waals surface area contributed by atoms with Gasteiger partial charge in [0, 0.05) is 7.05 Å². The minimum atomic E-state index is -0.288. The topological polar surface area (TPSA) is 46.9 Å². The maximum atomic E-state index is 12.8. The summed E-state index contributed by atoms with van der Waals surface area (Å²) in [6.45, 7) is 4.53. The first kappa shape index (κ1) is 14.3. The monoisotopic (exact) mass is 335 g/mol. The molecule has 116 valence electrons. The molecule has 2 aliphatic carbocycles. The summed E-state index contributed by atoms with van der Waals surface area (Å²) in [4.78, 5) is 12.8. The summed E-state index contributed by atoms with van der Waals surface area (Å²) in [6, 6.07) is 0. The summed E-state index contributed by atoms with van der Waals surface area (Å²) in [5.74, 6) is 0.393. The van der Waals surface area contributed by atoms with Gasteiger partial charge in [0.15, 0.2) is 0 Å². The molecule has 2 aromatic heterocycles. The van der Waals surface area contributed by atoms with Crippen LogP contribution in [0.4, 0.5) is 0 Å². The molecule has 1 N–H and O–H groups in total. The Morgan fingerprint density at radius 3 is 2.95 bits per heavy atom. The third-order valence-corrected chi connectivity index (χ3v) is 6.95. The standard InChI is InChI=1S/C16H18ClN3OS/c1-15(2)11-4-5-16(15,12-8-22-7-10(11)12)19-14(21)9-6-18-20(3)13(9)17/h6-8,11H,4-5H2,1-3H3,(H,19,21). The fourth-order valence-electron chi connectivity index (χ4n) is 4.42. The van der Waals surface area contributed by atoms with Crippen molar-refractivity contribution in [3.63, 3.8) is 0 Å². The molecule has 0 saturated heterocycles. The molecule has 2 heterocycles. The Morgan fingerprint density at radius 1 is 1.50 bits per heavy atom. The van der Waals surface area contributed by atoms with Crippen molar-refractivity contribution in [2.75, 3.05) is 0 Å². The predicted octanol–water partition coefficient (Wildman–Crippen LogP) is 3.68. The van der Waals surface area contributed by atoms with E-state index in [2.05, 4.69) is 35.0 Å². The van der Waals surface area contributed by atoms with Crippen molar-refractivity contribution in [3.8, 4) is 0 Å². The van der Waals surface area contributed by atoms with E-state index < -0.39 is 0 Å². The molecule has 0 spiro atoms. The summed E-state index contributed by atoms with van der Waals surface area (Å²) in [5, 5.41) is 12.2. The van der Waals surface area contributed by atoms with Gasteiger partial charge in [0.25, 0.3) is 5.91 Å². The van der Waals surface area contributed by atoms with Gasteiger partial charge < -0.3 is 5.32 Å². The third-order valence-electron chi connectivity index (χ3n) is 5.74. The number of thiophene rings is 1. The molecule has 2 aliphatic rings. The number of nitrogens with one attached hydrogen (secondary N) is 1. The molecule has 0 aromatic carbocycles. The first-order valence-electron chi connectivity index (χ1n) is 7.45. The Hall–Kier alpha value is -1.33. The molecule has 2 bridgehead atoms. The highest BCUT2D eigenvalue weighted by Crippen LogP contribution is 2.67. The van der Waals surface area contributed by atoms with Crippen molar-refractivity contribution in [1.29, 1.82) is 0 Å². The number of amides is 1. The van der Waals surface area contributed by atoms with Gasteiger partial charge in [-0.2, -0.15) is 16.4 Å². The molecule has 0 radical (unpaired) electrons. The SMILES string of the molecule is Cn1ncc(C(=O)NC23CCC(c4cscc42)C3(C)C)c1Cl. The maximum Gasteiger partial charge on any atom is 0.256 e. The van der Waals surface area contributed by atoms with Gasteiger partial charge in [-0.3, -0.25) is 9.48 Å². The van der Waals surface area contributed by atoms with E-state index in [9.17, 15) is 4.79 Å². The first-order valence-corrected chi connectivity index (χ1v) is 8.77. The number of aromatic nitrogens is 2. The fourth-order valence-corrected chi connectivity index (χ4v) is 5.58. The van der Waals surface area contributed by atoms with E-state index in [1.807, 2.05) is 0 Å². The van der Waals surface area contributed by atoms with E-state index in [1.54, 1.807) is 18.4 Å². The molecule has 2 unspecified atom stereocenters. The van der Waals surface area contributed by atoms with Gasteiger partial charge in [0.05, 0.1) is 17.3 Å². The van der Waals surface area contributed by atoms with Gasteiger partial charge in [-0.25, -0.2) is 0 Å². The van der Waals surface area contributed by atoms with Crippen LogP contribution in [-0.2, 0) is 12.6 Å². The van der Waals surface area contributed by atoms with Crippen molar-refractivity contribution in [2.45, 2.75) is 38.1 Å². The van der Waals surface area contributed by atoms with Crippen molar-refractivity contribution in [2.24, 2.45) is 12.5 Å². The molecule has 1 fully saturated rings. The summed E-state index contributed by atoms with van der Waals surface area (Å²) in [7, 11) is 1.74. The molecule has 2 atom stereocenters. The molecular formula is C16H18ClN3OS. The normalized spacial score (nSPS) is 27.9. The summed E-state index contributed by atoms with van der Waals surface area (Å²) >= 11 is 7.91. The quantitative estimate of drug-likeness (QED) is 0.910. The lowest BCUT2D eigenvalue weighted by Crippen LogP contribution is -2.50. The van der Waals surface area contributed by atoms with Gasteiger partial charge in [0.1, 0.15) is 5.15 Å². The highest BCUT2D eigenvalue weighted by molar-refractivity contribution is 7.08. The molecule has 4 rings (SSSR count). The van der Waals surface area contributed by atoms with Crippen LogP contribution in [0.2, 0.25) is 5.15 Å². The van der Waals surface area contributed by atoms with Crippen LogP contribution in [0.3, 0.4) is 0 Å². The minimum Gasteiger partial charge on any atom is -0.342 e. The van der Waals surface area contributed by atoms with Crippen molar-refractivity contribution < 1.29 is 4.79 Å². The van der Waals surface area contributed by atoms with Crippen LogP contribution in [0.15, 0.2) is 17.0 Å². The van der Waals surface area contributed by atoms with Crippen molar-refractivity contribution in [1.82, 2.24) is 15.1 Å². The maximum absolute atomic E-state index is 12.8. The fraction of sp³-hybridized carbons (Fsp3) is 0.500. The van der Waals surface area contributed by atoms with E-state index in [-0.39, 0.29) is 16.9 Å². The highest BCUT2D eigenvalue weighted by atomic mass is 35.5. The third kappa shape index (κ3) is 1.53. The van der Waals surface area contributed by atoms with Crippen LogP contribution < -0.4 is 5.32 Å². The molecule has 0 aliphatic heterocycles. The average molecular weight is 336 g/mol. The van der Waals surface area contributed by atoms with E-state index >= 15 is 0 Å². The van der Waals surface area contributed by atoms with Gasteiger partial charge in [-0.1, -0.05) is 25.4 Å². The van der Waals surface area contributed by atoms with Gasteiger partial charge in [-0.15, -0.1) is 0 Å². The summed E-state index contributed by atoms with van der Waals surface area (Å²) in [5.41, 5.74) is 2.90. The minimum absolute atomic E-state index is 0.0238. The first-order chi connectivity index (χ1) is 10.4. The van der Waals surface area contributed by atoms with Crippen LogP contribution in [0.1, 0.15) is 54.1 Å². The Balaban J connectivity index is 1.76. The summed E-state index contributed by atoms with van der Waals surface area (Å²) < 4.78 is 1.52. The van der Waals surface area contributed by atoms with Crippen molar-refractivity contribution >= 4 is 28.8 Å². The molecule has 22 heavy (non-hydrogen) atoms. The van der Waals surface area contributed by atoms with Crippen LogP contribution >= 0.6 is 22.9 Å². The largest absolute Gasteiger partial charge is 0.342 e. The van der Waals surface area contributed by atoms with E-state index in [0.29, 0.717) is 16.6 Å². The second-order valence-corrected chi connectivity index (χ2v) is 7.99. The zero-order valence-corrected chi connectivity index (χ0v) is 14.4. The van der Waals surface area contributed by atoms with Crippen molar-refractivity contribution in [3.05, 3.63) is 38.8 Å². The molecule has 1 saturated carbocycles. The van der Waals surface area contributed by atoms with E-state index in [4.69, 9.17) is 11.6 Å². The number of carbonyl (C=O) groups excluding carboxylic acids is 1. The number of halogens is 1. The van der Waals surface area contributed by atoms with E-state index in [1.165, 1.54) is 22.0 Å². The Labute approximate surface area is 138 Å².